The number of nitrogens with one attached hydrogen (secondary N) is 1. The SMILES string of the molecule is CCCOc1ccccc1C(NN)c1cccc(F)c1F. The summed E-state index contributed by atoms with van der Waals surface area (Å²) in [6.07, 6.45) is 0.851. The molecule has 0 radical (unpaired) electrons. The summed E-state index contributed by atoms with van der Waals surface area (Å²) in [7, 11) is 0. The summed E-state index contributed by atoms with van der Waals surface area (Å²) in [6.45, 7) is 2.54. The van der Waals surface area contributed by atoms with Crippen molar-refractivity contribution in [2.24, 2.45) is 5.84 Å². The molecule has 2 aromatic rings. The largest absolute Gasteiger partial charge is 0.493 e. The predicted molar refractivity (Wildman–Crippen MR) is 77.8 cm³/mol. The maximum Gasteiger partial charge on any atom is 0.163 e. The van der Waals surface area contributed by atoms with Crippen molar-refractivity contribution in [3.05, 3.63) is 65.2 Å². The smallest absolute Gasteiger partial charge is 0.163 e. The van der Waals surface area contributed by atoms with Crippen molar-refractivity contribution < 1.29 is 13.5 Å². The molecule has 1 atom stereocenters. The van der Waals surface area contributed by atoms with E-state index in [1.807, 2.05) is 13.0 Å². The van der Waals surface area contributed by atoms with Gasteiger partial charge in [0.25, 0.3) is 0 Å². The van der Waals surface area contributed by atoms with E-state index in [0.29, 0.717) is 17.9 Å². The molecule has 0 spiro atoms. The monoisotopic (exact) mass is 292 g/mol. The third-order valence-electron chi connectivity index (χ3n) is 3.15. The van der Waals surface area contributed by atoms with Gasteiger partial charge >= 0.3 is 0 Å². The van der Waals surface area contributed by atoms with Gasteiger partial charge < -0.3 is 4.74 Å². The molecule has 3 N–H and O–H groups in total. The van der Waals surface area contributed by atoms with Crippen molar-refractivity contribution in [2.75, 3.05) is 6.61 Å². The van der Waals surface area contributed by atoms with Crippen LogP contribution >= 0.6 is 0 Å². The minimum Gasteiger partial charge on any atom is -0.493 e. The zero-order chi connectivity index (χ0) is 15.2. The van der Waals surface area contributed by atoms with Crippen molar-refractivity contribution >= 4 is 0 Å². The molecule has 0 bridgehead atoms. The minimum absolute atomic E-state index is 0.144. The lowest BCUT2D eigenvalue weighted by molar-refractivity contribution is 0.311. The van der Waals surface area contributed by atoms with Gasteiger partial charge in [0, 0.05) is 11.1 Å². The first-order chi connectivity index (χ1) is 10.2. The highest BCUT2D eigenvalue weighted by atomic mass is 19.2. The molecule has 2 aromatic carbocycles. The number of ether oxygens (including phenoxy) is 1. The van der Waals surface area contributed by atoms with Crippen molar-refractivity contribution in [1.82, 2.24) is 5.43 Å². The summed E-state index contributed by atoms with van der Waals surface area (Å²) >= 11 is 0. The van der Waals surface area contributed by atoms with Gasteiger partial charge in [0.05, 0.1) is 12.6 Å². The second-order valence-corrected chi connectivity index (χ2v) is 4.63. The molecule has 0 aliphatic carbocycles. The molecule has 0 aliphatic rings. The highest BCUT2D eigenvalue weighted by molar-refractivity contribution is 5.42. The van der Waals surface area contributed by atoms with Crippen LogP contribution in [0.3, 0.4) is 0 Å². The normalized spacial score (nSPS) is 12.2. The molecule has 112 valence electrons. The Kier molecular flexibility index (Phi) is 5.25. The number of hydrogen-bond donors (Lipinski definition) is 2. The van der Waals surface area contributed by atoms with Gasteiger partial charge in [-0.25, -0.2) is 14.2 Å². The van der Waals surface area contributed by atoms with E-state index < -0.39 is 17.7 Å². The molecule has 0 saturated heterocycles. The molecule has 0 aliphatic heterocycles. The van der Waals surface area contributed by atoms with Crippen LogP contribution in [0.2, 0.25) is 0 Å². The highest BCUT2D eigenvalue weighted by Gasteiger charge is 2.21. The van der Waals surface area contributed by atoms with Crippen molar-refractivity contribution in [1.29, 1.82) is 0 Å². The lowest BCUT2D eigenvalue weighted by atomic mass is 9.97. The lowest BCUT2D eigenvalue weighted by Crippen LogP contribution is -2.30. The highest BCUT2D eigenvalue weighted by Crippen LogP contribution is 2.31. The van der Waals surface area contributed by atoms with Gasteiger partial charge in [-0.2, -0.15) is 0 Å². The summed E-state index contributed by atoms with van der Waals surface area (Å²) < 4.78 is 33.1. The molecular weight excluding hydrogens is 274 g/mol. The first kappa shape index (κ1) is 15.4. The number of hydrazine groups is 1. The standard InChI is InChI=1S/C16H18F2N2O/c1-2-10-21-14-9-4-3-6-11(14)16(20-19)12-7-5-8-13(17)15(12)18/h3-9,16,20H,2,10,19H2,1H3. The fourth-order valence-electron chi connectivity index (χ4n) is 2.15. The Hall–Kier alpha value is -1.98. The van der Waals surface area contributed by atoms with Crippen LogP contribution in [0, 0.1) is 11.6 Å². The molecule has 0 amide bonds. The molecule has 1 unspecified atom stereocenters. The molecule has 0 saturated carbocycles. The van der Waals surface area contributed by atoms with E-state index in [-0.39, 0.29) is 5.56 Å². The molecule has 0 heterocycles. The van der Waals surface area contributed by atoms with Gasteiger partial charge in [0.1, 0.15) is 5.75 Å². The third kappa shape index (κ3) is 3.37. The van der Waals surface area contributed by atoms with E-state index in [1.54, 1.807) is 18.2 Å². The van der Waals surface area contributed by atoms with Crippen molar-refractivity contribution in [2.45, 2.75) is 19.4 Å². The number of hydrogen-bond acceptors (Lipinski definition) is 3. The molecule has 0 fully saturated rings. The number of para-hydroxylation sites is 1. The van der Waals surface area contributed by atoms with Crippen LogP contribution in [-0.2, 0) is 0 Å². The molecule has 3 nitrogen and oxygen atoms in total. The van der Waals surface area contributed by atoms with E-state index in [9.17, 15) is 8.78 Å². The Bertz CT molecular complexity index is 605. The van der Waals surface area contributed by atoms with Crippen LogP contribution in [0.15, 0.2) is 42.5 Å². The van der Waals surface area contributed by atoms with Gasteiger partial charge in [-0.05, 0) is 18.6 Å². The van der Waals surface area contributed by atoms with Crippen LogP contribution < -0.4 is 16.0 Å². The maximum absolute atomic E-state index is 14.0. The number of nitrogens with two attached hydrogens (primary N) is 1. The van der Waals surface area contributed by atoms with Gasteiger partial charge in [-0.1, -0.05) is 37.3 Å². The average Bonchev–Trinajstić information content (AvgIpc) is 2.51. The molecule has 2 rings (SSSR count). The Morgan fingerprint density at radius 2 is 1.81 bits per heavy atom. The van der Waals surface area contributed by atoms with Gasteiger partial charge in [0.15, 0.2) is 11.6 Å². The quantitative estimate of drug-likeness (QED) is 0.634. The average molecular weight is 292 g/mol. The van der Waals surface area contributed by atoms with Crippen LogP contribution in [-0.4, -0.2) is 6.61 Å². The van der Waals surface area contributed by atoms with E-state index in [4.69, 9.17) is 10.6 Å². The van der Waals surface area contributed by atoms with Gasteiger partial charge in [-0.15, -0.1) is 0 Å². The summed E-state index contributed by atoms with van der Waals surface area (Å²) in [4.78, 5) is 0. The second kappa shape index (κ2) is 7.15. The summed E-state index contributed by atoms with van der Waals surface area (Å²) in [5, 5.41) is 0. The Morgan fingerprint density at radius 3 is 2.52 bits per heavy atom. The van der Waals surface area contributed by atoms with E-state index in [0.717, 1.165) is 12.5 Å². The lowest BCUT2D eigenvalue weighted by Gasteiger charge is -2.21. The Balaban J connectivity index is 2.44. The molecule has 21 heavy (non-hydrogen) atoms. The zero-order valence-electron chi connectivity index (χ0n) is 11.8. The Morgan fingerprint density at radius 1 is 1.10 bits per heavy atom. The fraction of sp³-hybridized carbons (Fsp3) is 0.250. The second-order valence-electron chi connectivity index (χ2n) is 4.63. The number of benzene rings is 2. The number of rotatable bonds is 6. The maximum atomic E-state index is 14.0. The zero-order valence-corrected chi connectivity index (χ0v) is 11.8. The molecule has 5 heteroatoms. The summed E-state index contributed by atoms with van der Waals surface area (Å²) in [5.41, 5.74) is 3.34. The first-order valence-corrected chi connectivity index (χ1v) is 6.80. The molecule has 0 aromatic heterocycles. The van der Waals surface area contributed by atoms with Crippen LogP contribution in [0.4, 0.5) is 8.78 Å². The predicted octanol–water partition coefficient (Wildman–Crippen LogP) is 3.31. The minimum atomic E-state index is -0.911. The fourth-order valence-corrected chi connectivity index (χ4v) is 2.15. The van der Waals surface area contributed by atoms with Crippen molar-refractivity contribution in [3.63, 3.8) is 0 Å². The van der Waals surface area contributed by atoms with E-state index in [1.165, 1.54) is 12.1 Å². The van der Waals surface area contributed by atoms with E-state index in [2.05, 4.69) is 5.43 Å². The van der Waals surface area contributed by atoms with Crippen LogP contribution in [0.25, 0.3) is 0 Å². The first-order valence-electron chi connectivity index (χ1n) is 6.80. The topological polar surface area (TPSA) is 47.3 Å². The van der Waals surface area contributed by atoms with E-state index >= 15 is 0 Å². The van der Waals surface area contributed by atoms with Gasteiger partial charge in [-0.3, -0.25) is 5.84 Å². The Labute approximate surface area is 122 Å². The van der Waals surface area contributed by atoms with Crippen LogP contribution in [0.1, 0.15) is 30.5 Å². The van der Waals surface area contributed by atoms with Crippen molar-refractivity contribution in [3.8, 4) is 5.75 Å². The third-order valence-corrected chi connectivity index (χ3v) is 3.15. The number of halogens is 2. The summed E-state index contributed by atoms with van der Waals surface area (Å²) in [6, 6.07) is 10.5. The van der Waals surface area contributed by atoms with Gasteiger partial charge in [0.2, 0.25) is 0 Å². The molecular formula is C16H18F2N2O. The summed E-state index contributed by atoms with van der Waals surface area (Å²) in [5.74, 6) is 4.35. The van der Waals surface area contributed by atoms with Crippen LogP contribution in [0.5, 0.6) is 5.75 Å².